The van der Waals surface area contributed by atoms with Gasteiger partial charge in [0.15, 0.2) is 0 Å². The molecule has 0 aromatic heterocycles. The molecule has 32 nitrogen and oxygen atoms in total. The lowest BCUT2D eigenvalue weighted by molar-refractivity contribution is -0.142. The normalized spacial score (nSPS) is 15.2. The quantitative estimate of drug-likeness (QED) is 0.0272. The monoisotopic (exact) mass is 1250 g/mol. The number of aliphatic carboxylic acids is 2. The van der Waals surface area contributed by atoms with E-state index in [1.165, 1.54) is 24.3 Å². The maximum absolute atomic E-state index is 14.4. The van der Waals surface area contributed by atoms with Gasteiger partial charge in [0.1, 0.15) is 66.2 Å². The van der Waals surface area contributed by atoms with Crippen LogP contribution in [0, 0.1) is 11.8 Å². The molecular weight excluding hydrogens is 1150 g/mol. The van der Waals surface area contributed by atoms with E-state index in [0.29, 0.717) is 44.1 Å². The predicted octanol–water partition coefficient (Wildman–Crippen LogP) is -4.81. The summed E-state index contributed by atoms with van der Waals surface area (Å²) in [5.41, 5.74) is 33.9. The van der Waals surface area contributed by atoms with Crippen LogP contribution in [0.5, 0.6) is 5.75 Å². The van der Waals surface area contributed by atoms with Crippen LogP contribution >= 0.6 is 0 Å². The van der Waals surface area contributed by atoms with Gasteiger partial charge >= 0.3 is 11.9 Å². The summed E-state index contributed by atoms with van der Waals surface area (Å²) in [5, 5.41) is 61.3. The van der Waals surface area contributed by atoms with Crippen molar-refractivity contribution in [1.82, 2.24) is 47.9 Å². The van der Waals surface area contributed by atoms with Crippen LogP contribution in [0.4, 0.5) is 0 Å². The summed E-state index contributed by atoms with van der Waals surface area (Å²) in [6.07, 6.45) is -0.714. The third-order valence-corrected chi connectivity index (χ3v) is 14.5. The van der Waals surface area contributed by atoms with Crippen LogP contribution in [-0.4, -0.2) is 184 Å². The van der Waals surface area contributed by atoms with Gasteiger partial charge in [-0.05, 0) is 120 Å². The Morgan fingerprint density at radius 3 is 1.10 bits per heavy atom. The summed E-state index contributed by atoms with van der Waals surface area (Å²) in [7, 11) is 0. The number of aromatic hydroxyl groups is 1. The van der Waals surface area contributed by atoms with Gasteiger partial charge in [0.25, 0.3) is 0 Å². The van der Waals surface area contributed by atoms with Crippen molar-refractivity contribution < 1.29 is 82.8 Å². The number of amides is 11. The molecule has 0 saturated heterocycles. The minimum absolute atomic E-state index is 0.00656. The molecule has 0 aliphatic carbocycles. The van der Waals surface area contributed by atoms with E-state index in [4.69, 9.17) is 34.4 Å². The second-order valence-electron chi connectivity index (χ2n) is 21.6. The van der Waals surface area contributed by atoms with E-state index < -0.39 is 188 Å². The fourth-order valence-corrected chi connectivity index (χ4v) is 8.73. The molecule has 0 fully saturated rings. The number of hydrogen-bond acceptors (Lipinski definition) is 19. The first-order valence-corrected chi connectivity index (χ1v) is 29.6. The fourth-order valence-electron chi connectivity index (χ4n) is 8.73. The third kappa shape index (κ3) is 29.6. The summed E-state index contributed by atoms with van der Waals surface area (Å²) in [6.45, 7) is 6.46. The highest BCUT2D eigenvalue weighted by atomic mass is 16.4. The summed E-state index contributed by atoms with van der Waals surface area (Å²) < 4.78 is 0. The number of unbranched alkanes of at least 4 members (excludes halogenated alkanes) is 3. The largest absolute Gasteiger partial charge is 0.508 e. The first-order valence-electron chi connectivity index (χ1n) is 29.6. The average molecular weight is 1250 g/mol. The van der Waals surface area contributed by atoms with Gasteiger partial charge in [-0.3, -0.25) is 57.5 Å². The van der Waals surface area contributed by atoms with E-state index in [1.807, 2.05) is 0 Å². The number of hydrogen-bond donors (Lipinski definition) is 19. The van der Waals surface area contributed by atoms with E-state index in [1.54, 1.807) is 27.7 Å². The Morgan fingerprint density at radius 1 is 0.443 bits per heavy atom. The Kier molecular flexibility index (Phi) is 37.1. The standard InChI is InChI=1S/C56H95N15O17/c1-5-30(3)45(54(85)67-37(15-9-12-26-59)49(80)64-36(14-8-11-25-58)50(81)69-41(56(87)88)27-32-16-18-33(73)19-17-32)71-55(86)46(31(4)6-2)70-53(84)40(28-44(76)77)68-52(83)39(21-23-43(62)75)66-51(82)38(20-22-42(61)74)65-48(79)35(13-7-10-24-57)63-47(78)34(60)29-72/h16-19,30-31,34-41,45-46,72-73H,5-15,20-29,57-60H2,1-4H3,(H2,61,74)(H2,62,75)(H,63,78)(H,64,80)(H,65,79)(H,66,82)(H,67,85)(H,68,83)(H,69,81)(H,70,84)(H,71,86)(H,76,77)(H,87,88)/t30-,31-,34-,35-,36-,37-,38-,39-,40-,41-,45-,46-/m0/s1. The van der Waals surface area contributed by atoms with Gasteiger partial charge in [-0.25, -0.2) is 4.79 Å². The van der Waals surface area contributed by atoms with E-state index in [-0.39, 0.29) is 63.9 Å². The van der Waals surface area contributed by atoms with E-state index in [0.717, 1.165) is 0 Å². The number of aliphatic hydroxyl groups is 1. The molecule has 1 rings (SSSR count). The first kappa shape index (κ1) is 77.9. The van der Waals surface area contributed by atoms with Crippen molar-refractivity contribution in [1.29, 1.82) is 0 Å². The van der Waals surface area contributed by atoms with Crippen LogP contribution in [-0.2, 0) is 68.7 Å². The number of phenolic OH excluding ortho intramolecular Hbond substituents is 1. The van der Waals surface area contributed by atoms with Gasteiger partial charge < -0.3 is 103 Å². The number of carbonyl (C=O) groups is 13. The number of nitrogens with one attached hydrogen (secondary N) is 9. The molecule has 0 radical (unpaired) electrons. The van der Waals surface area contributed by atoms with Gasteiger partial charge in [-0.15, -0.1) is 0 Å². The summed E-state index contributed by atoms with van der Waals surface area (Å²) in [5.74, 6) is -15.3. The van der Waals surface area contributed by atoms with Crippen LogP contribution in [0.3, 0.4) is 0 Å². The topological polar surface area (TPSA) is 567 Å². The molecule has 1 aromatic rings. The molecule has 88 heavy (non-hydrogen) atoms. The SMILES string of the molecule is CC[C@H](C)[C@H](NC(=O)[C@H](CC(=O)O)NC(=O)[C@H](CCC(N)=O)NC(=O)[C@H](CCC(N)=O)NC(=O)[C@H](CCCCN)NC(=O)[C@@H](N)CO)C(=O)N[C@H](C(=O)N[C@@H](CCCCN)C(=O)N[C@@H](CCCCN)C(=O)N[C@@H](Cc1ccc(O)cc1)C(=O)O)[C@@H](C)CC. The van der Waals surface area contributed by atoms with Crippen LogP contribution in [0.2, 0.25) is 0 Å². The highest BCUT2D eigenvalue weighted by molar-refractivity contribution is 5.99. The average Bonchev–Trinajstić information content (AvgIpc) is 3.67. The number of carbonyl (C=O) groups excluding carboxylic acids is 11. The highest BCUT2D eigenvalue weighted by Crippen LogP contribution is 2.17. The summed E-state index contributed by atoms with van der Waals surface area (Å²) in [4.78, 5) is 174. The smallest absolute Gasteiger partial charge is 0.326 e. The lowest BCUT2D eigenvalue weighted by Gasteiger charge is -2.31. The van der Waals surface area contributed by atoms with Crippen molar-refractivity contribution in [3.63, 3.8) is 0 Å². The predicted molar refractivity (Wildman–Crippen MR) is 319 cm³/mol. The summed E-state index contributed by atoms with van der Waals surface area (Å²) in [6, 6.07) is -9.59. The van der Waals surface area contributed by atoms with Crippen LogP contribution < -0.4 is 82.3 Å². The van der Waals surface area contributed by atoms with Crippen LogP contribution in [0.15, 0.2) is 24.3 Å². The number of carboxylic acids is 2. The molecule has 0 spiro atoms. The van der Waals surface area contributed by atoms with Gasteiger partial charge in [0, 0.05) is 19.3 Å². The number of carboxylic acid groups (broad SMARTS) is 2. The van der Waals surface area contributed by atoms with E-state index in [2.05, 4.69) is 47.9 Å². The molecule has 0 heterocycles. The lowest BCUT2D eigenvalue weighted by Crippen LogP contribution is -2.62. The van der Waals surface area contributed by atoms with Crippen molar-refractivity contribution in [3.8, 4) is 5.75 Å². The number of primary amides is 2. The maximum atomic E-state index is 14.4. The van der Waals surface area contributed by atoms with Crippen molar-refractivity contribution in [2.45, 2.75) is 197 Å². The molecule has 0 aliphatic heterocycles. The minimum atomic E-state index is -2.00. The molecule has 1 aromatic carbocycles. The van der Waals surface area contributed by atoms with Crippen LogP contribution in [0.1, 0.15) is 136 Å². The Morgan fingerprint density at radius 2 is 0.761 bits per heavy atom. The molecule has 0 bridgehead atoms. The number of benzene rings is 1. The number of phenols is 1. The Hall–Kier alpha value is -8.07. The lowest BCUT2D eigenvalue weighted by atomic mass is 9.94. The molecule has 32 heteroatoms. The third-order valence-electron chi connectivity index (χ3n) is 14.5. The molecule has 25 N–H and O–H groups in total. The van der Waals surface area contributed by atoms with Crippen LogP contribution in [0.25, 0.3) is 0 Å². The Bertz CT molecular complexity index is 2470. The number of nitrogens with two attached hydrogens (primary N) is 6. The fraction of sp³-hybridized carbons (Fsp3) is 0.661. The van der Waals surface area contributed by atoms with Crippen molar-refractivity contribution >= 4 is 76.9 Å². The van der Waals surface area contributed by atoms with Crippen molar-refractivity contribution in [2.24, 2.45) is 46.2 Å². The van der Waals surface area contributed by atoms with Gasteiger partial charge in [-0.2, -0.15) is 0 Å². The molecule has 0 saturated carbocycles. The van der Waals surface area contributed by atoms with Gasteiger partial charge in [-0.1, -0.05) is 52.7 Å². The molecule has 0 unspecified atom stereocenters. The molecule has 496 valence electrons. The first-order chi connectivity index (χ1) is 41.6. The second-order valence-corrected chi connectivity index (χ2v) is 21.6. The Balaban J connectivity index is 3.61. The van der Waals surface area contributed by atoms with E-state index in [9.17, 15) is 82.8 Å². The zero-order valence-electron chi connectivity index (χ0n) is 50.6. The van der Waals surface area contributed by atoms with Crippen molar-refractivity contribution in [3.05, 3.63) is 29.8 Å². The molecule has 0 aliphatic rings. The van der Waals surface area contributed by atoms with Gasteiger partial charge in [0.05, 0.1) is 13.0 Å². The minimum Gasteiger partial charge on any atom is -0.508 e. The zero-order chi connectivity index (χ0) is 66.6. The molecular formula is C56H95N15O17. The summed E-state index contributed by atoms with van der Waals surface area (Å²) >= 11 is 0. The number of aliphatic hydroxyl groups excluding tert-OH is 1. The Labute approximate surface area is 511 Å². The van der Waals surface area contributed by atoms with Gasteiger partial charge in [0.2, 0.25) is 65.0 Å². The molecule has 12 atom stereocenters. The highest BCUT2D eigenvalue weighted by Gasteiger charge is 2.38. The zero-order valence-corrected chi connectivity index (χ0v) is 50.6. The van der Waals surface area contributed by atoms with E-state index >= 15 is 0 Å². The maximum Gasteiger partial charge on any atom is 0.326 e. The number of rotatable bonds is 46. The second kappa shape index (κ2) is 41.9. The van der Waals surface area contributed by atoms with Crippen molar-refractivity contribution in [2.75, 3.05) is 26.2 Å². The molecule has 11 amide bonds.